The van der Waals surface area contributed by atoms with Gasteiger partial charge in [0.25, 0.3) is 0 Å². The van der Waals surface area contributed by atoms with Gasteiger partial charge in [-0.1, -0.05) is 29.5 Å². The van der Waals surface area contributed by atoms with Crippen LogP contribution in [0.4, 0.5) is 0 Å². The molecule has 0 saturated carbocycles. The lowest BCUT2D eigenvalue weighted by molar-refractivity contribution is -0.139. The number of carbonyl (C=O) groups excluding carboxylic acids is 1. The van der Waals surface area contributed by atoms with E-state index in [9.17, 15) is 9.90 Å². The summed E-state index contributed by atoms with van der Waals surface area (Å²) in [7, 11) is 1.46. The topological polar surface area (TPSA) is 95.7 Å². The number of para-hydroxylation sites is 1. The summed E-state index contributed by atoms with van der Waals surface area (Å²) in [5.74, 6) is 1.28. The van der Waals surface area contributed by atoms with Crippen LogP contribution in [0.25, 0.3) is 11.8 Å². The number of methoxy groups -OCH3 is 1. The second-order valence-electron chi connectivity index (χ2n) is 6.94. The third-order valence-electron chi connectivity index (χ3n) is 4.60. The number of aromatic nitrogens is 3. The zero-order chi connectivity index (χ0) is 23.0. The monoisotopic (exact) mass is 443 g/mol. The Bertz CT molecular complexity index is 1250. The molecule has 0 aliphatic heterocycles. The van der Waals surface area contributed by atoms with Gasteiger partial charge in [0.1, 0.15) is 23.8 Å². The molecule has 1 aromatic heterocycles. The van der Waals surface area contributed by atoms with Crippen molar-refractivity contribution in [2.45, 2.75) is 6.61 Å². The number of hydrogen-bond acceptors (Lipinski definition) is 7. The van der Waals surface area contributed by atoms with E-state index < -0.39 is 5.97 Å². The van der Waals surface area contributed by atoms with Gasteiger partial charge in [-0.05, 0) is 60.2 Å². The molecule has 0 saturated heterocycles. The van der Waals surface area contributed by atoms with E-state index in [0.717, 1.165) is 11.4 Å². The summed E-state index contributed by atoms with van der Waals surface area (Å²) in [5.41, 5.74) is 1.99. The van der Waals surface area contributed by atoms with Crippen LogP contribution in [0, 0.1) is 0 Å². The van der Waals surface area contributed by atoms with E-state index in [1.165, 1.54) is 19.3 Å². The van der Waals surface area contributed by atoms with Gasteiger partial charge in [0, 0.05) is 6.08 Å². The molecule has 0 atom stereocenters. The van der Waals surface area contributed by atoms with Crippen molar-refractivity contribution in [3.8, 4) is 28.7 Å². The SMILES string of the molecule is COc1cc(/C=C/C(=O)OCc2cn(-c3ccc(Oc4ccccc4)cc3)nn2)ccc1O. The van der Waals surface area contributed by atoms with Crippen molar-refractivity contribution in [1.29, 1.82) is 0 Å². The van der Waals surface area contributed by atoms with Crippen molar-refractivity contribution >= 4 is 12.0 Å². The predicted molar refractivity (Wildman–Crippen MR) is 121 cm³/mol. The fraction of sp³-hybridized carbons (Fsp3) is 0.0800. The number of carbonyl (C=O) groups is 1. The van der Waals surface area contributed by atoms with E-state index in [4.69, 9.17) is 14.2 Å². The number of ether oxygens (including phenoxy) is 3. The number of nitrogens with zero attached hydrogens (tertiary/aromatic N) is 3. The zero-order valence-electron chi connectivity index (χ0n) is 17.8. The van der Waals surface area contributed by atoms with Crippen molar-refractivity contribution in [1.82, 2.24) is 15.0 Å². The van der Waals surface area contributed by atoms with Gasteiger partial charge in [0.05, 0.1) is 19.0 Å². The maximum atomic E-state index is 12.0. The van der Waals surface area contributed by atoms with Gasteiger partial charge in [-0.15, -0.1) is 5.10 Å². The molecule has 8 nitrogen and oxygen atoms in total. The lowest BCUT2D eigenvalue weighted by atomic mass is 10.2. The zero-order valence-corrected chi connectivity index (χ0v) is 17.8. The van der Waals surface area contributed by atoms with Crippen molar-refractivity contribution in [2.24, 2.45) is 0 Å². The van der Waals surface area contributed by atoms with E-state index in [2.05, 4.69) is 10.3 Å². The summed E-state index contributed by atoms with van der Waals surface area (Å²) in [6.07, 6.45) is 4.55. The highest BCUT2D eigenvalue weighted by atomic mass is 16.5. The van der Waals surface area contributed by atoms with E-state index >= 15 is 0 Å². The summed E-state index contributed by atoms with van der Waals surface area (Å²) >= 11 is 0. The largest absolute Gasteiger partial charge is 0.504 e. The first kappa shape index (κ1) is 21.6. The molecule has 0 radical (unpaired) electrons. The standard InChI is InChI=1S/C25H21N3O5/c1-31-24-15-18(7-13-23(24)29)8-14-25(30)32-17-19-16-28(27-26-19)20-9-11-22(12-10-20)33-21-5-3-2-4-6-21/h2-16,29H,17H2,1H3/b14-8+. The van der Waals surface area contributed by atoms with Gasteiger partial charge < -0.3 is 19.3 Å². The Balaban J connectivity index is 1.31. The lowest BCUT2D eigenvalue weighted by Crippen LogP contribution is -2.01. The predicted octanol–water partition coefficient (Wildman–Crippen LogP) is 4.53. The fourth-order valence-electron chi connectivity index (χ4n) is 2.94. The third-order valence-corrected chi connectivity index (χ3v) is 4.60. The first-order chi connectivity index (χ1) is 16.1. The van der Waals surface area contributed by atoms with Crippen molar-refractivity contribution in [3.05, 3.63) is 96.3 Å². The summed E-state index contributed by atoms with van der Waals surface area (Å²) < 4.78 is 17.6. The van der Waals surface area contributed by atoms with Crippen LogP contribution in [0.5, 0.6) is 23.0 Å². The average molecular weight is 443 g/mol. The summed E-state index contributed by atoms with van der Waals surface area (Å²) in [6.45, 7) is -0.0166. The highest BCUT2D eigenvalue weighted by Crippen LogP contribution is 2.26. The van der Waals surface area contributed by atoms with Crippen LogP contribution in [0.3, 0.4) is 0 Å². The minimum atomic E-state index is -0.529. The molecule has 8 heteroatoms. The molecule has 1 N–H and O–H groups in total. The first-order valence-electron chi connectivity index (χ1n) is 10.1. The Morgan fingerprint density at radius 2 is 1.79 bits per heavy atom. The molecule has 3 aromatic carbocycles. The molecule has 166 valence electrons. The normalized spacial score (nSPS) is 10.8. The molecule has 0 aliphatic carbocycles. The van der Waals surface area contributed by atoms with Gasteiger partial charge in [0.2, 0.25) is 0 Å². The molecule has 0 spiro atoms. The van der Waals surface area contributed by atoms with Crippen molar-refractivity contribution in [2.75, 3.05) is 7.11 Å². The van der Waals surface area contributed by atoms with Gasteiger partial charge in [0.15, 0.2) is 11.5 Å². The first-order valence-corrected chi connectivity index (χ1v) is 10.1. The Morgan fingerprint density at radius 3 is 2.55 bits per heavy atom. The molecular formula is C25H21N3O5. The number of esters is 1. The Morgan fingerprint density at radius 1 is 1.03 bits per heavy atom. The van der Waals surface area contributed by atoms with Crippen LogP contribution < -0.4 is 9.47 Å². The molecule has 33 heavy (non-hydrogen) atoms. The Kier molecular flexibility index (Phi) is 6.65. The van der Waals surface area contributed by atoms with Gasteiger partial charge in [-0.3, -0.25) is 0 Å². The second-order valence-corrected chi connectivity index (χ2v) is 6.94. The summed E-state index contributed by atoms with van der Waals surface area (Å²) in [6, 6.07) is 21.7. The van der Waals surface area contributed by atoms with E-state index in [-0.39, 0.29) is 12.4 Å². The average Bonchev–Trinajstić information content (AvgIpc) is 3.32. The number of phenols is 1. The molecule has 1 heterocycles. The Labute approximate surface area is 190 Å². The molecule has 0 bridgehead atoms. The van der Waals surface area contributed by atoms with Crippen LogP contribution in [-0.4, -0.2) is 33.2 Å². The maximum absolute atomic E-state index is 12.0. The summed E-state index contributed by atoms with van der Waals surface area (Å²) in [5, 5.41) is 17.7. The van der Waals surface area contributed by atoms with Crippen molar-refractivity contribution < 1.29 is 24.1 Å². The van der Waals surface area contributed by atoms with E-state index in [1.54, 1.807) is 29.1 Å². The smallest absolute Gasteiger partial charge is 0.331 e. The minimum absolute atomic E-state index is 0.0166. The number of rotatable bonds is 8. The molecular weight excluding hydrogens is 422 g/mol. The molecule has 0 aliphatic rings. The minimum Gasteiger partial charge on any atom is -0.504 e. The van der Waals surface area contributed by atoms with Crippen LogP contribution >= 0.6 is 0 Å². The molecule has 4 aromatic rings. The quantitative estimate of drug-likeness (QED) is 0.316. The molecule has 0 fully saturated rings. The second kappa shape index (κ2) is 10.1. The van der Waals surface area contributed by atoms with Gasteiger partial charge in [-0.2, -0.15) is 0 Å². The van der Waals surface area contributed by atoms with E-state index in [1.807, 2.05) is 54.6 Å². The van der Waals surface area contributed by atoms with Crippen LogP contribution in [-0.2, 0) is 16.1 Å². The third kappa shape index (κ3) is 5.76. The fourth-order valence-corrected chi connectivity index (χ4v) is 2.94. The number of phenolic OH excluding ortho intramolecular Hbond substituents is 1. The molecule has 0 amide bonds. The highest BCUT2D eigenvalue weighted by molar-refractivity contribution is 5.87. The molecule has 0 unspecified atom stereocenters. The van der Waals surface area contributed by atoms with Gasteiger partial charge >= 0.3 is 5.97 Å². The van der Waals surface area contributed by atoms with Crippen molar-refractivity contribution in [3.63, 3.8) is 0 Å². The lowest BCUT2D eigenvalue weighted by Gasteiger charge is -2.06. The number of hydrogen-bond donors (Lipinski definition) is 1. The highest BCUT2D eigenvalue weighted by Gasteiger charge is 2.07. The summed E-state index contributed by atoms with van der Waals surface area (Å²) in [4.78, 5) is 12.0. The van der Waals surface area contributed by atoms with Gasteiger partial charge in [-0.25, -0.2) is 9.48 Å². The molecule has 4 rings (SSSR count). The number of aromatic hydroxyl groups is 1. The Hall–Kier alpha value is -4.59. The maximum Gasteiger partial charge on any atom is 0.331 e. The van der Waals surface area contributed by atoms with Crippen LogP contribution in [0.1, 0.15) is 11.3 Å². The van der Waals surface area contributed by atoms with Crippen LogP contribution in [0.2, 0.25) is 0 Å². The van der Waals surface area contributed by atoms with E-state index in [0.29, 0.717) is 22.8 Å². The van der Waals surface area contributed by atoms with Crippen LogP contribution in [0.15, 0.2) is 85.1 Å². The number of benzene rings is 3.